The molecular weight excluding hydrogens is 263 g/mol. The SMILES string of the molecule is Nc1cc(-c2cnn(C(=O)[O-])c2)cc(C(F)(F)F)c1. The molecule has 2 N–H and O–H groups in total. The van der Waals surface area contributed by atoms with Gasteiger partial charge in [-0.05, 0) is 23.8 Å². The smallest absolute Gasteiger partial charge is 0.416 e. The number of rotatable bonds is 1. The third kappa shape index (κ3) is 2.67. The standard InChI is InChI=1S/C11H8F3N3O2/c12-11(13,14)8-1-6(2-9(15)3-8)7-4-16-17(5-7)10(18)19/h1-5H,15H2,(H,18,19)/p-1. The summed E-state index contributed by atoms with van der Waals surface area (Å²) in [5.74, 6) is 0. The number of carboxylic acid groups (broad SMARTS) is 1. The molecular formula is C11H7F3N3O2-. The summed E-state index contributed by atoms with van der Waals surface area (Å²) in [6, 6.07) is 2.96. The number of nitrogen functional groups attached to an aromatic ring is 1. The van der Waals surface area contributed by atoms with Crippen molar-refractivity contribution in [2.75, 3.05) is 5.73 Å². The molecule has 0 saturated carbocycles. The molecule has 0 radical (unpaired) electrons. The number of nitrogens with zero attached hydrogens (tertiary/aromatic N) is 2. The maximum Gasteiger partial charge on any atom is 0.416 e. The third-order valence-corrected chi connectivity index (χ3v) is 2.39. The molecule has 0 aliphatic carbocycles. The average molecular weight is 270 g/mol. The van der Waals surface area contributed by atoms with Crippen molar-refractivity contribution in [1.82, 2.24) is 9.78 Å². The highest BCUT2D eigenvalue weighted by atomic mass is 19.4. The Kier molecular flexibility index (Phi) is 2.93. The molecule has 19 heavy (non-hydrogen) atoms. The minimum atomic E-state index is -4.53. The third-order valence-electron chi connectivity index (χ3n) is 2.39. The van der Waals surface area contributed by atoms with Crippen molar-refractivity contribution in [1.29, 1.82) is 0 Å². The Labute approximate surface area is 105 Å². The van der Waals surface area contributed by atoms with Crippen LogP contribution in [0.2, 0.25) is 0 Å². The van der Waals surface area contributed by atoms with Crippen LogP contribution in [0.15, 0.2) is 30.6 Å². The number of halogens is 3. The lowest BCUT2D eigenvalue weighted by atomic mass is 10.0. The number of hydrogen-bond donors (Lipinski definition) is 1. The van der Waals surface area contributed by atoms with Gasteiger partial charge < -0.3 is 15.6 Å². The van der Waals surface area contributed by atoms with Crippen molar-refractivity contribution in [3.63, 3.8) is 0 Å². The van der Waals surface area contributed by atoms with Gasteiger partial charge in [-0.3, -0.25) is 0 Å². The summed E-state index contributed by atoms with van der Waals surface area (Å²) in [4.78, 5) is 10.5. The van der Waals surface area contributed by atoms with Gasteiger partial charge in [-0.25, -0.2) is 4.68 Å². The molecule has 0 fully saturated rings. The number of anilines is 1. The molecule has 0 saturated heterocycles. The topological polar surface area (TPSA) is 84.0 Å². The van der Waals surface area contributed by atoms with Crippen LogP contribution in [0.1, 0.15) is 5.56 Å². The predicted octanol–water partition coefficient (Wildman–Crippen LogP) is 1.34. The number of benzene rings is 1. The Morgan fingerprint density at radius 2 is 1.95 bits per heavy atom. The molecule has 0 bridgehead atoms. The zero-order valence-electron chi connectivity index (χ0n) is 9.31. The normalized spacial score (nSPS) is 11.5. The lowest BCUT2D eigenvalue weighted by molar-refractivity contribution is -0.251. The van der Waals surface area contributed by atoms with Gasteiger partial charge in [0.1, 0.15) is 0 Å². The molecule has 1 heterocycles. The number of aromatic nitrogens is 2. The summed E-state index contributed by atoms with van der Waals surface area (Å²) in [6.45, 7) is 0. The van der Waals surface area contributed by atoms with Gasteiger partial charge in [0.2, 0.25) is 0 Å². The van der Waals surface area contributed by atoms with Gasteiger partial charge in [-0.2, -0.15) is 18.3 Å². The van der Waals surface area contributed by atoms with Crippen molar-refractivity contribution < 1.29 is 23.1 Å². The Morgan fingerprint density at radius 3 is 2.47 bits per heavy atom. The van der Waals surface area contributed by atoms with E-state index in [0.717, 1.165) is 24.5 Å². The van der Waals surface area contributed by atoms with Gasteiger partial charge in [0.25, 0.3) is 0 Å². The first kappa shape index (κ1) is 12.9. The fourth-order valence-corrected chi connectivity index (χ4v) is 1.55. The van der Waals surface area contributed by atoms with E-state index in [-0.39, 0.29) is 16.8 Å². The van der Waals surface area contributed by atoms with Crippen LogP contribution in [0.25, 0.3) is 11.1 Å². The second-order valence-corrected chi connectivity index (χ2v) is 3.78. The van der Waals surface area contributed by atoms with Crippen molar-refractivity contribution >= 4 is 11.8 Å². The maximum atomic E-state index is 12.6. The van der Waals surface area contributed by atoms with Crippen molar-refractivity contribution in [3.8, 4) is 11.1 Å². The number of carbonyl (C=O) groups excluding carboxylic acids is 1. The van der Waals surface area contributed by atoms with Crippen molar-refractivity contribution in [2.24, 2.45) is 0 Å². The van der Waals surface area contributed by atoms with Crippen LogP contribution in [0.3, 0.4) is 0 Å². The average Bonchev–Trinajstić information content (AvgIpc) is 2.76. The zero-order chi connectivity index (χ0) is 14.2. The highest BCUT2D eigenvalue weighted by Crippen LogP contribution is 2.33. The zero-order valence-corrected chi connectivity index (χ0v) is 9.31. The van der Waals surface area contributed by atoms with Gasteiger partial charge >= 0.3 is 6.18 Å². The first-order valence-corrected chi connectivity index (χ1v) is 5.01. The van der Waals surface area contributed by atoms with Gasteiger partial charge in [0.05, 0.1) is 11.8 Å². The van der Waals surface area contributed by atoms with Crippen molar-refractivity contribution in [3.05, 3.63) is 36.2 Å². The molecule has 8 heteroatoms. The minimum absolute atomic E-state index is 0.0778. The monoisotopic (exact) mass is 270 g/mol. The number of carbonyl (C=O) groups is 1. The second kappa shape index (κ2) is 4.30. The maximum absolute atomic E-state index is 12.6. The Hall–Kier alpha value is -2.51. The summed E-state index contributed by atoms with van der Waals surface area (Å²) >= 11 is 0. The summed E-state index contributed by atoms with van der Waals surface area (Å²) < 4.78 is 38.3. The molecule has 2 rings (SSSR count). The summed E-state index contributed by atoms with van der Waals surface area (Å²) in [5.41, 5.74) is 4.73. The fourth-order valence-electron chi connectivity index (χ4n) is 1.55. The molecule has 5 nitrogen and oxygen atoms in total. The van der Waals surface area contributed by atoms with Gasteiger partial charge in [-0.15, -0.1) is 0 Å². The molecule has 0 spiro atoms. The van der Waals surface area contributed by atoms with E-state index in [0.29, 0.717) is 4.68 Å². The number of hydrogen-bond acceptors (Lipinski definition) is 4. The molecule has 0 aliphatic heterocycles. The minimum Gasteiger partial charge on any atom is -0.528 e. The number of nitrogens with two attached hydrogens (primary N) is 1. The van der Waals surface area contributed by atoms with Crippen molar-refractivity contribution in [2.45, 2.75) is 6.18 Å². The molecule has 100 valence electrons. The van der Waals surface area contributed by atoms with Crippen LogP contribution < -0.4 is 10.8 Å². The van der Waals surface area contributed by atoms with E-state index in [1.165, 1.54) is 6.07 Å². The van der Waals surface area contributed by atoms with E-state index >= 15 is 0 Å². The highest BCUT2D eigenvalue weighted by Gasteiger charge is 2.31. The Bertz CT molecular complexity index is 634. The van der Waals surface area contributed by atoms with Crippen LogP contribution in [0.4, 0.5) is 23.7 Å². The van der Waals surface area contributed by atoms with Crippen LogP contribution >= 0.6 is 0 Å². The van der Waals surface area contributed by atoms with E-state index in [1.807, 2.05) is 0 Å². The first-order valence-electron chi connectivity index (χ1n) is 5.01. The summed E-state index contributed by atoms with van der Waals surface area (Å²) in [6.07, 6.45) is -3.95. The van der Waals surface area contributed by atoms with Crippen LogP contribution in [0.5, 0.6) is 0 Å². The first-order chi connectivity index (χ1) is 8.77. The summed E-state index contributed by atoms with van der Waals surface area (Å²) in [7, 11) is 0. The second-order valence-electron chi connectivity index (χ2n) is 3.78. The van der Waals surface area contributed by atoms with E-state index in [2.05, 4.69) is 5.10 Å². The number of alkyl halides is 3. The van der Waals surface area contributed by atoms with Crippen LogP contribution in [-0.4, -0.2) is 15.9 Å². The lowest BCUT2D eigenvalue weighted by Gasteiger charge is -2.09. The Balaban J connectivity index is 2.50. The molecule has 1 aromatic heterocycles. The van der Waals surface area contributed by atoms with E-state index < -0.39 is 17.8 Å². The quantitative estimate of drug-likeness (QED) is 0.792. The van der Waals surface area contributed by atoms with Gasteiger partial charge in [0.15, 0.2) is 6.09 Å². The molecule has 0 aliphatic rings. The fraction of sp³-hybridized carbons (Fsp3) is 0.0909. The van der Waals surface area contributed by atoms with E-state index in [1.54, 1.807) is 0 Å². The lowest BCUT2D eigenvalue weighted by Crippen LogP contribution is -2.28. The molecule has 0 unspecified atom stereocenters. The predicted molar refractivity (Wildman–Crippen MR) is 57.9 cm³/mol. The van der Waals surface area contributed by atoms with Gasteiger partial charge in [-0.1, -0.05) is 0 Å². The highest BCUT2D eigenvalue weighted by molar-refractivity contribution is 5.71. The van der Waals surface area contributed by atoms with Crippen LogP contribution in [-0.2, 0) is 6.18 Å². The molecule has 2 aromatic rings. The van der Waals surface area contributed by atoms with Gasteiger partial charge in [0, 0.05) is 17.4 Å². The molecule has 0 amide bonds. The van der Waals surface area contributed by atoms with E-state index in [4.69, 9.17) is 5.73 Å². The van der Waals surface area contributed by atoms with Crippen LogP contribution in [0, 0.1) is 0 Å². The molecule has 1 aromatic carbocycles. The Morgan fingerprint density at radius 1 is 1.26 bits per heavy atom. The molecule has 0 atom stereocenters. The summed E-state index contributed by atoms with van der Waals surface area (Å²) in [5, 5.41) is 14.0. The largest absolute Gasteiger partial charge is 0.528 e. The van der Waals surface area contributed by atoms with E-state index in [9.17, 15) is 23.1 Å².